The predicted molar refractivity (Wildman–Crippen MR) is 66.1 cm³/mol. The first-order chi connectivity index (χ1) is 8.75. The minimum absolute atomic E-state index is 0.328. The van der Waals surface area contributed by atoms with E-state index in [1.165, 1.54) is 0 Å². The summed E-state index contributed by atoms with van der Waals surface area (Å²) in [6, 6.07) is 5.18. The van der Waals surface area contributed by atoms with Gasteiger partial charge in [0.05, 0.1) is 11.8 Å². The summed E-state index contributed by atoms with van der Waals surface area (Å²) in [5.74, 6) is -0.102. The zero-order valence-electron chi connectivity index (χ0n) is 9.58. The highest BCUT2D eigenvalue weighted by Crippen LogP contribution is 2.33. The van der Waals surface area contributed by atoms with Crippen LogP contribution < -0.4 is 4.90 Å². The molecule has 0 unspecified atom stereocenters. The number of carboxylic acid groups (broad SMARTS) is 1. The van der Waals surface area contributed by atoms with Crippen molar-refractivity contribution in [3.63, 3.8) is 0 Å². The molecule has 1 aromatic carbocycles. The lowest BCUT2D eigenvalue weighted by Crippen LogP contribution is -2.14. The van der Waals surface area contributed by atoms with E-state index in [0.717, 1.165) is 30.0 Å². The Morgan fingerprint density at radius 3 is 2.94 bits per heavy atom. The number of benzene rings is 1. The van der Waals surface area contributed by atoms with Gasteiger partial charge >= 0.3 is 5.97 Å². The molecule has 1 aliphatic rings. The molecule has 0 atom stereocenters. The second-order valence-corrected chi connectivity index (χ2v) is 4.11. The Hall–Kier alpha value is -2.43. The highest BCUT2D eigenvalue weighted by Gasteiger charge is 2.22. The molecule has 1 N–H and O–H groups in total. The zero-order valence-corrected chi connectivity index (χ0v) is 9.58. The van der Waals surface area contributed by atoms with Crippen LogP contribution in [0.25, 0.3) is 0 Å². The van der Waals surface area contributed by atoms with Crippen molar-refractivity contribution in [1.82, 2.24) is 9.97 Å². The first-order valence-corrected chi connectivity index (χ1v) is 5.65. The Labute approximate surface area is 104 Å². The molecule has 90 valence electrons. The molecule has 0 radical (unpaired) electrons. The molecule has 5 nitrogen and oxygen atoms in total. The summed E-state index contributed by atoms with van der Waals surface area (Å²) in [5.41, 5.74) is 2.38. The molecule has 2 aromatic rings. The van der Waals surface area contributed by atoms with Gasteiger partial charge in [0.1, 0.15) is 0 Å². The van der Waals surface area contributed by atoms with E-state index in [9.17, 15) is 4.79 Å². The van der Waals surface area contributed by atoms with Crippen molar-refractivity contribution in [2.24, 2.45) is 0 Å². The lowest BCUT2D eigenvalue weighted by molar-refractivity contribution is 0.0697. The fourth-order valence-corrected chi connectivity index (χ4v) is 2.20. The quantitative estimate of drug-likeness (QED) is 0.869. The molecule has 0 saturated carbocycles. The van der Waals surface area contributed by atoms with E-state index in [1.54, 1.807) is 30.7 Å². The third-order valence-electron chi connectivity index (χ3n) is 3.05. The number of aromatic nitrogens is 2. The highest BCUT2D eigenvalue weighted by atomic mass is 16.4. The number of nitrogens with zero attached hydrogens (tertiary/aromatic N) is 3. The van der Waals surface area contributed by atoms with E-state index in [-0.39, 0.29) is 0 Å². The lowest BCUT2D eigenvalue weighted by atomic mass is 10.1. The third kappa shape index (κ3) is 1.69. The molecule has 0 aliphatic carbocycles. The standard InChI is InChI=1S/C13H11N3O2/c17-13(18)10-1-2-11-9(7-10)3-6-16(11)12-8-14-4-5-15-12/h1-2,4-5,7-8H,3,6H2,(H,17,18). The number of hydrogen-bond donors (Lipinski definition) is 1. The van der Waals surface area contributed by atoms with E-state index < -0.39 is 5.97 Å². The van der Waals surface area contributed by atoms with Crippen molar-refractivity contribution in [1.29, 1.82) is 0 Å². The zero-order chi connectivity index (χ0) is 12.5. The van der Waals surface area contributed by atoms with Crippen molar-refractivity contribution in [3.8, 4) is 0 Å². The maximum Gasteiger partial charge on any atom is 0.335 e. The van der Waals surface area contributed by atoms with E-state index in [1.807, 2.05) is 11.0 Å². The van der Waals surface area contributed by atoms with Crippen LogP contribution in [0.4, 0.5) is 11.5 Å². The molecule has 0 bridgehead atoms. The number of rotatable bonds is 2. The van der Waals surface area contributed by atoms with Gasteiger partial charge in [-0.3, -0.25) is 4.98 Å². The van der Waals surface area contributed by atoms with Gasteiger partial charge in [-0.25, -0.2) is 9.78 Å². The Morgan fingerprint density at radius 2 is 2.22 bits per heavy atom. The van der Waals surface area contributed by atoms with Crippen LogP contribution in [0, 0.1) is 0 Å². The molecular formula is C13H11N3O2. The maximum absolute atomic E-state index is 10.9. The van der Waals surface area contributed by atoms with Crippen LogP contribution >= 0.6 is 0 Å². The van der Waals surface area contributed by atoms with Gasteiger partial charge in [-0.2, -0.15) is 0 Å². The summed E-state index contributed by atoms with van der Waals surface area (Å²) in [6.07, 6.45) is 5.82. The summed E-state index contributed by atoms with van der Waals surface area (Å²) < 4.78 is 0. The normalized spacial score (nSPS) is 13.4. The number of aromatic carboxylic acids is 1. The predicted octanol–water partition coefficient (Wildman–Crippen LogP) is 1.87. The molecule has 2 heterocycles. The van der Waals surface area contributed by atoms with Gasteiger partial charge in [0.15, 0.2) is 5.82 Å². The number of fused-ring (bicyclic) bond motifs is 1. The van der Waals surface area contributed by atoms with Crippen molar-refractivity contribution in [3.05, 3.63) is 47.9 Å². The van der Waals surface area contributed by atoms with E-state index in [0.29, 0.717) is 5.56 Å². The van der Waals surface area contributed by atoms with E-state index in [4.69, 9.17) is 5.11 Å². The van der Waals surface area contributed by atoms with Gasteiger partial charge in [0, 0.05) is 24.6 Å². The third-order valence-corrected chi connectivity index (χ3v) is 3.05. The topological polar surface area (TPSA) is 66.3 Å². The van der Waals surface area contributed by atoms with Crippen molar-refractivity contribution in [2.45, 2.75) is 6.42 Å². The average molecular weight is 241 g/mol. The lowest BCUT2D eigenvalue weighted by Gasteiger charge is -2.17. The number of carbonyl (C=O) groups is 1. The minimum Gasteiger partial charge on any atom is -0.478 e. The van der Waals surface area contributed by atoms with Gasteiger partial charge in [0.25, 0.3) is 0 Å². The molecular weight excluding hydrogens is 230 g/mol. The van der Waals surface area contributed by atoms with E-state index in [2.05, 4.69) is 9.97 Å². The Balaban J connectivity index is 2.00. The smallest absolute Gasteiger partial charge is 0.335 e. The summed E-state index contributed by atoms with van der Waals surface area (Å²) >= 11 is 0. The van der Waals surface area contributed by atoms with Crippen LogP contribution in [0.1, 0.15) is 15.9 Å². The fourth-order valence-electron chi connectivity index (χ4n) is 2.20. The summed E-state index contributed by atoms with van der Waals surface area (Å²) in [5, 5.41) is 8.96. The van der Waals surface area contributed by atoms with Crippen LogP contribution in [0.5, 0.6) is 0 Å². The molecule has 0 spiro atoms. The summed E-state index contributed by atoms with van der Waals surface area (Å²) in [7, 11) is 0. The first kappa shape index (κ1) is 10.7. The second kappa shape index (κ2) is 4.10. The van der Waals surface area contributed by atoms with Crippen molar-refractivity contribution in [2.75, 3.05) is 11.4 Å². The summed E-state index contributed by atoms with van der Waals surface area (Å²) in [6.45, 7) is 0.803. The van der Waals surface area contributed by atoms with Crippen LogP contribution in [0.3, 0.4) is 0 Å². The number of anilines is 2. The van der Waals surface area contributed by atoms with Crippen molar-refractivity contribution >= 4 is 17.5 Å². The Morgan fingerprint density at radius 1 is 1.33 bits per heavy atom. The molecule has 18 heavy (non-hydrogen) atoms. The number of hydrogen-bond acceptors (Lipinski definition) is 4. The molecule has 5 heteroatoms. The highest BCUT2D eigenvalue weighted by molar-refractivity contribution is 5.89. The van der Waals surface area contributed by atoms with Crippen LogP contribution in [0.15, 0.2) is 36.8 Å². The molecule has 0 amide bonds. The van der Waals surface area contributed by atoms with Crippen LogP contribution in [-0.2, 0) is 6.42 Å². The van der Waals surface area contributed by atoms with Gasteiger partial charge in [-0.05, 0) is 30.2 Å². The van der Waals surface area contributed by atoms with Gasteiger partial charge in [0.2, 0.25) is 0 Å². The molecule has 0 saturated heterocycles. The first-order valence-electron chi connectivity index (χ1n) is 5.65. The van der Waals surface area contributed by atoms with Crippen molar-refractivity contribution < 1.29 is 9.90 Å². The molecule has 0 fully saturated rings. The minimum atomic E-state index is -0.893. The Kier molecular flexibility index (Phi) is 2.44. The maximum atomic E-state index is 10.9. The fraction of sp³-hybridized carbons (Fsp3) is 0.154. The van der Waals surface area contributed by atoms with E-state index >= 15 is 0 Å². The van der Waals surface area contributed by atoms with Crippen LogP contribution in [-0.4, -0.2) is 27.6 Å². The van der Waals surface area contributed by atoms with Gasteiger partial charge in [-0.1, -0.05) is 0 Å². The molecule has 1 aromatic heterocycles. The SMILES string of the molecule is O=C(O)c1ccc2c(c1)CCN2c1cnccn1. The van der Waals surface area contributed by atoms with Gasteiger partial charge < -0.3 is 10.0 Å². The molecule has 1 aliphatic heterocycles. The number of carboxylic acids is 1. The average Bonchev–Trinajstić information content (AvgIpc) is 2.82. The monoisotopic (exact) mass is 241 g/mol. The second-order valence-electron chi connectivity index (χ2n) is 4.11. The molecule has 3 rings (SSSR count). The van der Waals surface area contributed by atoms with Gasteiger partial charge in [-0.15, -0.1) is 0 Å². The van der Waals surface area contributed by atoms with Crippen LogP contribution in [0.2, 0.25) is 0 Å². The summed E-state index contributed by atoms with van der Waals surface area (Å²) in [4.78, 5) is 21.3. The Bertz CT molecular complexity index is 598. The largest absolute Gasteiger partial charge is 0.478 e.